The molecule has 1 aromatic heterocycles. The van der Waals surface area contributed by atoms with Crippen molar-refractivity contribution in [3.05, 3.63) is 59.9 Å². The van der Waals surface area contributed by atoms with Crippen LogP contribution in [-0.2, 0) is 4.79 Å². The molecule has 0 radical (unpaired) electrons. The largest absolute Gasteiger partial charge is 0.339 e. The van der Waals surface area contributed by atoms with E-state index in [1.165, 1.54) is 24.3 Å². The van der Waals surface area contributed by atoms with E-state index in [4.69, 9.17) is 0 Å². The van der Waals surface area contributed by atoms with Crippen LogP contribution in [0.5, 0.6) is 0 Å². The summed E-state index contributed by atoms with van der Waals surface area (Å²) >= 11 is 0. The third-order valence-electron chi connectivity index (χ3n) is 6.02. The van der Waals surface area contributed by atoms with Gasteiger partial charge in [0.05, 0.1) is 6.04 Å². The Bertz CT molecular complexity index is 1130. The van der Waals surface area contributed by atoms with Gasteiger partial charge in [0, 0.05) is 35.8 Å². The molecule has 32 heavy (non-hydrogen) atoms. The monoisotopic (exact) mass is 434 g/mol. The molecule has 3 aromatic rings. The van der Waals surface area contributed by atoms with Crippen molar-refractivity contribution in [2.24, 2.45) is 5.92 Å². The predicted molar refractivity (Wildman–Crippen MR) is 115 cm³/mol. The topological polar surface area (TPSA) is 93.0 Å². The van der Waals surface area contributed by atoms with E-state index in [1.54, 1.807) is 4.90 Å². The maximum atomic E-state index is 13.1. The Kier molecular flexibility index (Phi) is 5.38. The zero-order valence-corrected chi connectivity index (χ0v) is 17.4. The van der Waals surface area contributed by atoms with Crippen molar-refractivity contribution in [3.8, 4) is 11.4 Å². The molecule has 2 amide bonds. The number of tetrazole rings is 1. The van der Waals surface area contributed by atoms with E-state index in [2.05, 4.69) is 20.8 Å². The lowest BCUT2D eigenvalue weighted by Crippen LogP contribution is -2.41. The molecule has 164 valence electrons. The van der Waals surface area contributed by atoms with Crippen LogP contribution in [0.3, 0.4) is 0 Å². The van der Waals surface area contributed by atoms with Crippen molar-refractivity contribution in [2.75, 3.05) is 18.4 Å². The molecule has 1 aliphatic heterocycles. The van der Waals surface area contributed by atoms with E-state index in [0.717, 1.165) is 18.4 Å². The fourth-order valence-corrected chi connectivity index (χ4v) is 4.05. The number of likely N-dealkylation sites (tertiary alicyclic amines) is 1. The van der Waals surface area contributed by atoms with Crippen LogP contribution in [-0.4, -0.2) is 50.0 Å². The van der Waals surface area contributed by atoms with Gasteiger partial charge in [0.25, 0.3) is 5.91 Å². The third kappa shape index (κ3) is 4.23. The second-order valence-electron chi connectivity index (χ2n) is 8.32. The molecule has 9 heteroatoms. The van der Waals surface area contributed by atoms with Gasteiger partial charge in [-0.25, -0.2) is 9.07 Å². The van der Waals surface area contributed by atoms with E-state index in [1.807, 2.05) is 28.9 Å². The second kappa shape index (κ2) is 8.49. The Labute approximate surface area is 184 Å². The quantitative estimate of drug-likeness (QED) is 0.665. The Morgan fingerprint density at radius 1 is 1.00 bits per heavy atom. The summed E-state index contributed by atoms with van der Waals surface area (Å²) in [6, 6.07) is 13.4. The van der Waals surface area contributed by atoms with E-state index in [9.17, 15) is 14.0 Å². The minimum atomic E-state index is -0.370. The maximum Gasteiger partial charge on any atom is 0.253 e. The van der Waals surface area contributed by atoms with Crippen molar-refractivity contribution < 1.29 is 14.0 Å². The lowest BCUT2D eigenvalue weighted by Gasteiger charge is -2.31. The van der Waals surface area contributed by atoms with Gasteiger partial charge in [-0.2, -0.15) is 0 Å². The van der Waals surface area contributed by atoms with Gasteiger partial charge in [-0.3, -0.25) is 9.59 Å². The lowest BCUT2D eigenvalue weighted by molar-refractivity contribution is -0.121. The van der Waals surface area contributed by atoms with Gasteiger partial charge in [-0.1, -0.05) is 12.1 Å². The Morgan fingerprint density at radius 3 is 2.47 bits per heavy atom. The molecule has 2 aliphatic rings. The van der Waals surface area contributed by atoms with Crippen molar-refractivity contribution in [1.82, 2.24) is 25.1 Å². The number of piperidine rings is 1. The summed E-state index contributed by atoms with van der Waals surface area (Å²) in [5.74, 6) is -0.0308. The number of nitrogens with one attached hydrogen (secondary N) is 1. The van der Waals surface area contributed by atoms with Crippen LogP contribution >= 0.6 is 0 Å². The van der Waals surface area contributed by atoms with Crippen LogP contribution in [0.4, 0.5) is 10.1 Å². The van der Waals surface area contributed by atoms with E-state index in [0.29, 0.717) is 49.0 Å². The number of carbonyl (C=O) groups is 2. The van der Waals surface area contributed by atoms with Crippen molar-refractivity contribution in [1.29, 1.82) is 0 Å². The molecule has 0 spiro atoms. The number of aromatic nitrogens is 4. The minimum Gasteiger partial charge on any atom is -0.339 e. The number of hydrogen-bond acceptors (Lipinski definition) is 5. The van der Waals surface area contributed by atoms with Crippen molar-refractivity contribution in [3.63, 3.8) is 0 Å². The molecule has 0 bridgehead atoms. The summed E-state index contributed by atoms with van der Waals surface area (Å²) in [5.41, 5.74) is 2.02. The number of halogens is 1. The van der Waals surface area contributed by atoms with E-state index >= 15 is 0 Å². The molecule has 1 aliphatic carbocycles. The average Bonchev–Trinajstić information content (AvgIpc) is 3.55. The van der Waals surface area contributed by atoms with Gasteiger partial charge in [-0.05, 0) is 72.5 Å². The van der Waals surface area contributed by atoms with Gasteiger partial charge >= 0.3 is 0 Å². The van der Waals surface area contributed by atoms with Gasteiger partial charge in [0.1, 0.15) is 5.82 Å². The van der Waals surface area contributed by atoms with E-state index in [-0.39, 0.29) is 23.5 Å². The average molecular weight is 434 g/mol. The molecule has 2 heterocycles. The zero-order chi connectivity index (χ0) is 22.1. The van der Waals surface area contributed by atoms with E-state index < -0.39 is 0 Å². The third-order valence-corrected chi connectivity index (χ3v) is 6.02. The normalized spacial score (nSPS) is 16.7. The summed E-state index contributed by atoms with van der Waals surface area (Å²) in [6.45, 7) is 0.981. The molecule has 0 atom stereocenters. The smallest absolute Gasteiger partial charge is 0.253 e. The standard InChI is InChI=1S/C23H23FN6O2/c24-18-6-4-16(5-7-18)23(32)29-12-10-15(11-13-29)22(31)25-19-3-1-2-17(14-19)21-26-27-28-30(21)20-8-9-20/h1-7,14-15,20H,8-13H2,(H,25,31). The highest BCUT2D eigenvalue weighted by atomic mass is 19.1. The SMILES string of the molecule is O=C(Nc1cccc(-c2nnnn2C2CC2)c1)C1CCN(C(=O)c2ccc(F)cc2)CC1. The van der Waals surface area contributed by atoms with Crippen LogP contribution in [0.2, 0.25) is 0 Å². The fraction of sp³-hybridized carbons (Fsp3) is 0.348. The maximum absolute atomic E-state index is 13.1. The van der Waals surface area contributed by atoms with Crippen LogP contribution in [0.15, 0.2) is 48.5 Å². The lowest BCUT2D eigenvalue weighted by atomic mass is 9.95. The molecule has 2 aromatic carbocycles. The molecular weight excluding hydrogens is 411 g/mol. The zero-order valence-electron chi connectivity index (χ0n) is 17.4. The Hall–Kier alpha value is -3.62. The highest BCUT2D eigenvalue weighted by Gasteiger charge is 2.29. The first-order valence-corrected chi connectivity index (χ1v) is 10.8. The van der Waals surface area contributed by atoms with Gasteiger partial charge in [-0.15, -0.1) is 5.10 Å². The number of benzene rings is 2. The summed E-state index contributed by atoms with van der Waals surface area (Å²) in [4.78, 5) is 27.1. The van der Waals surface area contributed by atoms with Crippen molar-refractivity contribution in [2.45, 2.75) is 31.7 Å². The number of nitrogens with zero attached hydrogens (tertiary/aromatic N) is 5. The first kappa shape index (κ1) is 20.3. The van der Waals surface area contributed by atoms with Gasteiger partial charge in [0.15, 0.2) is 5.82 Å². The summed E-state index contributed by atoms with van der Waals surface area (Å²) in [6.07, 6.45) is 3.32. The number of hydrogen-bond donors (Lipinski definition) is 1. The fourth-order valence-electron chi connectivity index (χ4n) is 4.05. The predicted octanol–water partition coefficient (Wildman–Crippen LogP) is 3.31. The molecule has 2 fully saturated rings. The highest BCUT2D eigenvalue weighted by Crippen LogP contribution is 2.36. The second-order valence-corrected chi connectivity index (χ2v) is 8.32. The van der Waals surface area contributed by atoms with Crippen LogP contribution in [0.1, 0.15) is 42.1 Å². The first-order chi connectivity index (χ1) is 15.6. The van der Waals surface area contributed by atoms with Crippen LogP contribution < -0.4 is 5.32 Å². The summed E-state index contributed by atoms with van der Waals surface area (Å²) in [5, 5.41) is 15.0. The summed E-state index contributed by atoms with van der Waals surface area (Å²) < 4.78 is 14.9. The molecule has 8 nitrogen and oxygen atoms in total. The van der Waals surface area contributed by atoms with Gasteiger partial charge in [0.2, 0.25) is 5.91 Å². The van der Waals surface area contributed by atoms with Crippen LogP contribution in [0, 0.1) is 11.7 Å². The number of rotatable bonds is 5. The summed E-state index contributed by atoms with van der Waals surface area (Å²) in [7, 11) is 0. The Balaban J connectivity index is 1.20. The Morgan fingerprint density at radius 2 is 1.75 bits per heavy atom. The number of amides is 2. The van der Waals surface area contributed by atoms with Crippen LogP contribution in [0.25, 0.3) is 11.4 Å². The molecule has 1 N–H and O–H groups in total. The highest BCUT2D eigenvalue weighted by molar-refractivity contribution is 5.95. The molecular formula is C23H23FN6O2. The minimum absolute atomic E-state index is 0.0576. The molecule has 1 saturated carbocycles. The van der Waals surface area contributed by atoms with Gasteiger partial charge < -0.3 is 10.2 Å². The molecule has 1 saturated heterocycles. The molecule has 0 unspecified atom stereocenters. The first-order valence-electron chi connectivity index (χ1n) is 10.8. The molecule has 5 rings (SSSR count). The number of anilines is 1. The van der Waals surface area contributed by atoms with Crippen molar-refractivity contribution >= 4 is 17.5 Å². The number of carbonyl (C=O) groups excluding carboxylic acids is 2.